The Morgan fingerprint density at radius 1 is 1.00 bits per heavy atom. The molecular formula is C29H20BrClN2O3S. The van der Waals surface area contributed by atoms with Gasteiger partial charge in [-0.05, 0) is 48.9 Å². The zero-order valence-electron chi connectivity index (χ0n) is 19.6. The summed E-state index contributed by atoms with van der Waals surface area (Å²) in [5, 5.41) is 6.58. The van der Waals surface area contributed by atoms with Gasteiger partial charge in [0.25, 0.3) is 5.91 Å². The van der Waals surface area contributed by atoms with Crippen LogP contribution in [0.3, 0.4) is 0 Å². The van der Waals surface area contributed by atoms with E-state index >= 15 is 0 Å². The van der Waals surface area contributed by atoms with Crippen molar-refractivity contribution in [3.63, 3.8) is 0 Å². The highest BCUT2D eigenvalue weighted by Crippen LogP contribution is 2.37. The molecule has 37 heavy (non-hydrogen) atoms. The molecule has 0 saturated carbocycles. The van der Waals surface area contributed by atoms with Crippen LogP contribution in [-0.4, -0.2) is 23.5 Å². The Bertz CT molecular complexity index is 1620. The van der Waals surface area contributed by atoms with Crippen LogP contribution >= 0.6 is 38.9 Å². The fourth-order valence-electron chi connectivity index (χ4n) is 4.00. The van der Waals surface area contributed by atoms with Crippen LogP contribution in [0.15, 0.2) is 88.7 Å². The number of anilines is 1. The number of nitrogens with zero attached hydrogens (tertiary/aromatic N) is 1. The summed E-state index contributed by atoms with van der Waals surface area (Å²) in [6.45, 7) is 1.98. The second-order valence-corrected chi connectivity index (χ2v) is 10.3. The number of hydrogen-bond acceptors (Lipinski definition) is 5. The molecular weight excluding hydrogens is 572 g/mol. The van der Waals surface area contributed by atoms with E-state index in [-0.39, 0.29) is 12.5 Å². The predicted molar refractivity (Wildman–Crippen MR) is 154 cm³/mol. The minimum absolute atomic E-state index is 0.224. The van der Waals surface area contributed by atoms with Crippen molar-refractivity contribution < 1.29 is 14.3 Å². The first-order valence-electron chi connectivity index (χ1n) is 11.5. The fraction of sp³-hybridized carbons (Fsp3) is 0.0690. The van der Waals surface area contributed by atoms with E-state index in [0.717, 1.165) is 15.6 Å². The van der Waals surface area contributed by atoms with E-state index in [1.807, 2.05) is 66.0 Å². The summed E-state index contributed by atoms with van der Waals surface area (Å²) >= 11 is 10.8. The molecule has 0 spiro atoms. The quantitative estimate of drug-likeness (QED) is 0.201. The minimum Gasteiger partial charge on any atom is -0.462 e. The Labute approximate surface area is 231 Å². The Kier molecular flexibility index (Phi) is 7.37. The predicted octanol–water partition coefficient (Wildman–Crippen LogP) is 8.48. The molecule has 1 N–H and O–H groups in total. The number of fused-ring (bicyclic) bond motifs is 1. The number of benzene rings is 3. The summed E-state index contributed by atoms with van der Waals surface area (Å²) < 4.78 is 6.27. The van der Waals surface area contributed by atoms with Gasteiger partial charge in [0.05, 0.1) is 23.4 Å². The largest absolute Gasteiger partial charge is 0.462 e. The van der Waals surface area contributed by atoms with Gasteiger partial charge < -0.3 is 10.1 Å². The van der Waals surface area contributed by atoms with Crippen molar-refractivity contribution in [2.24, 2.45) is 0 Å². The molecule has 3 aromatic carbocycles. The molecule has 8 heteroatoms. The number of amides is 1. The number of carbonyl (C=O) groups is 2. The van der Waals surface area contributed by atoms with Crippen molar-refractivity contribution in [1.82, 2.24) is 4.98 Å². The second-order valence-electron chi connectivity index (χ2n) is 8.11. The van der Waals surface area contributed by atoms with Crippen LogP contribution in [0.5, 0.6) is 0 Å². The van der Waals surface area contributed by atoms with Gasteiger partial charge >= 0.3 is 5.97 Å². The van der Waals surface area contributed by atoms with Crippen LogP contribution in [0, 0.1) is 0 Å². The van der Waals surface area contributed by atoms with Gasteiger partial charge in [0, 0.05) is 31.4 Å². The number of para-hydroxylation sites is 1. The van der Waals surface area contributed by atoms with Gasteiger partial charge in [-0.25, -0.2) is 9.78 Å². The summed E-state index contributed by atoms with van der Waals surface area (Å²) in [4.78, 5) is 31.4. The van der Waals surface area contributed by atoms with E-state index in [2.05, 4.69) is 21.2 Å². The maximum absolute atomic E-state index is 13.7. The van der Waals surface area contributed by atoms with Gasteiger partial charge in [0.1, 0.15) is 10.6 Å². The van der Waals surface area contributed by atoms with Gasteiger partial charge in [-0.1, -0.05) is 70.0 Å². The number of ether oxygens (including phenoxy) is 1. The number of hydrogen-bond donors (Lipinski definition) is 1. The SMILES string of the molecule is CCOC(=O)c1c(-c2ccc(Br)cc2)csc1NC(=O)c1cc(-c2ccc(Cl)cc2)nc2ccccc12. The Morgan fingerprint density at radius 3 is 2.43 bits per heavy atom. The smallest absolute Gasteiger partial charge is 0.341 e. The summed E-state index contributed by atoms with van der Waals surface area (Å²) in [7, 11) is 0. The molecule has 1 amide bonds. The topological polar surface area (TPSA) is 68.3 Å². The lowest BCUT2D eigenvalue weighted by molar-refractivity contribution is 0.0529. The molecule has 5 aromatic rings. The summed E-state index contributed by atoms with van der Waals surface area (Å²) in [5.41, 5.74) is 4.50. The zero-order chi connectivity index (χ0) is 25.9. The molecule has 0 bridgehead atoms. The van der Waals surface area contributed by atoms with Gasteiger partial charge in [-0.2, -0.15) is 0 Å². The van der Waals surface area contributed by atoms with Crippen LogP contribution in [-0.2, 0) is 4.74 Å². The lowest BCUT2D eigenvalue weighted by Crippen LogP contribution is -2.15. The maximum Gasteiger partial charge on any atom is 0.341 e. The lowest BCUT2D eigenvalue weighted by atomic mass is 10.0. The first-order chi connectivity index (χ1) is 17.9. The Balaban J connectivity index is 1.57. The molecule has 0 atom stereocenters. The van der Waals surface area contributed by atoms with Crippen molar-refractivity contribution in [2.75, 3.05) is 11.9 Å². The molecule has 0 aliphatic rings. The number of halogens is 2. The number of thiophene rings is 1. The van der Waals surface area contributed by atoms with Crippen molar-refractivity contribution in [3.05, 3.63) is 105 Å². The first-order valence-corrected chi connectivity index (χ1v) is 13.5. The van der Waals surface area contributed by atoms with Crippen molar-refractivity contribution >= 4 is 66.6 Å². The van der Waals surface area contributed by atoms with Crippen LogP contribution in [0.2, 0.25) is 5.02 Å². The van der Waals surface area contributed by atoms with Crippen molar-refractivity contribution in [3.8, 4) is 22.4 Å². The van der Waals surface area contributed by atoms with E-state index < -0.39 is 5.97 Å². The van der Waals surface area contributed by atoms with Crippen LogP contribution in [0.25, 0.3) is 33.3 Å². The number of rotatable bonds is 6. The van der Waals surface area contributed by atoms with Crippen LogP contribution in [0.1, 0.15) is 27.6 Å². The van der Waals surface area contributed by atoms with E-state index in [1.165, 1.54) is 11.3 Å². The molecule has 0 unspecified atom stereocenters. The number of aromatic nitrogens is 1. The molecule has 0 aliphatic carbocycles. The highest BCUT2D eigenvalue weighted by atomic mass is 79.9. The third-order valence-corrected chi connectivity index (χ3v) is 7.43. The molecule has 2 aromatic heterocycles. The van der Waals surface area contributed by atoms with Gasteiger partial charge in [-0.15, -0.1) is 11.3 Å². The number of pyridine rings is 1. The van der Waals surface area contributed by atoms with E-state index in [0.29, 0.717) is 43.3 Å². The Morgan fingerprint density at radius 2 is 1.70 bits per heavy atom. The normalized spacial score (nSPS) is 10.9. The van der Waals surface area contributed by atoms with Gasteiger partial charge in [0.2, 0.25) is 0 Å². The summed E-state index contributed by atoms with van der Waals surface area (Å²) in [6, 6.07) is 24.2. The number of carbonyl (C=O) groups excluding carboxylic acids is 2. The third-order valence-electron chi connectivity index (χ3n) is 5.75. The van der Waals surface area contributed by atoms with E-state index in [1.54, 1.807) is 25.1 Å². The number of nitrogens with one attached hydrogen (secondary N) is 1. The maximum atomic E-state index is 13.7. The van der Waals surface area contributed by atoms with Gasteiger partial charge in [0.15, 0.2) is 0 Å². The second kappa shape index (κ2) is 10.8. The third kappa shape index (κ3) is 5.30. The molecule has 5 nitrogen and oxygen atoms in total. The molecule has 0 radical (unpaired) electrons. The Hall–Kier alpha value is -3.52. The summed E-state index contributed by atoms with van der Waals surface area (Å²) in [5.74, 6) is -0.832. The molecule has 0 saturated heterocycles. The van der Waals surface area contributed by atoms with Gasteiger partial charge in [-0.3, -0.25) is 4.79 Å². The van der Waals surface area contributed by atoms with E-state index in [9.17, 15) is 9.59 Å². The number of esters is 1. The molecule has 5 rings (SSSR count). The highest BCUT2D eigenvalue weighted by molar-refractivity contribution is 9.10. The molecule has 0 aliphatic heterocycles. The average Bonchev–Trinajstić information content (AvgIpc) is 3.32. The molecule has 184 valence electrons. The summed E-state index contributed by atoms with van der Waals surface area (Å²) in [6.07, 6.45) is 0. The lowest BCUT2D eigenvalue weighted by Gasteiger charge is -2.12. The standard InChI is InChI=1S/C29H20BrClN2O3S/c1-2-36-29(35)26-23(17-7-11-19(30)12-8-17)16-37-28(26)33-27(34)22-15-25(18-9-13-20(31)14-10-18)32-24-6-4-3-5-21(22)24/h3-16H,2H2,1H3,(H,33,34). The van der Waals surface area contributed by atoms with E-state index in [4.69, 9.17) is 21.3 Å². The molecule has 2 heterocycles. The van der Waals surface area contributed by atoms with Crippen LogP contribution < -0.4 is 5.32 Å². The van der Waals surface area contributed by atoms with Crippen molar-refractivity contribution in [1.29, 1.82) is 0 Å². The highest BCUT2D eigenvalue weighted by Gasteiger charge is 2.24. The first kappa shape index (κ1) is 25.1. The fourth-order valence-corrected chi connectivity index (χ4v) is 5.34. The van der Waals surface area contributed by atoms with Crippen LogP contribution in [0.4, 0.5) is 5.00 Å². The minimum atomic E-state index is -0.488. The van der Waals surface area contributed by atoms with Crippen molar-refractivity contribution in [2.45, 2.75) is 6.92 Å². The zero-order valence-corrected chi connectivity index (χ0v) is 22.8. The monoisotopic (exact) mass is 590 g/mol. The average molecular weight is 592 g/mol. The molecule has 0 fully saturated rings.